The standard InChI is InChI=1S/C31H36N8/c1-6-20(21-14-23(36-28(21)32-5)27-18(2)8-7-12-35-27)29-37-24-16-34-15-22(19-9-10-19)26(24)30(39-29)38-25-11-13-33-17-31(25,3)4/h6-8,12,14-16,19,25,33,36H,5,9-11,13,17H2,1-4H3,(H,37,38,39)/b20-6+. The van der Waals surface area contributed by atoms with Crippen molar-refractivity contribution in [3.05, 3.63) is 65.4 Å². The minimum atomic E-state index is 0.0852. The minimum absolute atomic E-state index is 0.0852. The molecule has 39 heavy (non-hydrogen) atoms. The van der Waals surface area contributed by atoms with Crippen LogP contribution in [0.25, 0.3) is 27.9 Å². The number of aryl methyl sites for hydroxylation is 1. The van der Waals surface area contributed by atoms with E-state index in [9.17, 15) is 0 Å². The van der Waals surface area contributed by atoms with Crippen molar-refractivity contribution in [1.82, 2.24) is 30.2 Å². The highest BCUT2D eigenvalue weighted by Crippen LogP contribution is 2.45. The number of aromatic nitrogens is 5. The third-order valence-corrected chi connectivity index (χ3v) is 8.14. The van der Waals surface area contributed by atoms with E-state index in [1.165, 1.54) is 18.4 Å². The zero-order valence-corrected chi connectivity index (χ0v) is 23.2. The predicted octanol–water partition coefficient (Wildman–Crippen LogP) is 6.18. The van der Waals surface area contributed by atoms with Gasteiger partial charge in [0.05, 0.1) is 23.1 Å². The van der Waals surface area contributed by atoms with Crippen LogP contribution in [-0.2, 0) is 0 Å². The van der Waals surface area contributed by atoms with Gasteiger partial charge in [0.15, 0.2) is 5.82 Å². The molecule has 2 aliphatic rings. The van der Waals surface area contributed by atoms with Crippen molar-refractivity contribution in [1.29, 1.82) is 0 Å². The predicted molar refractivity (Wildman–Crippen MR) is 159 cm³/mol. The zero-order chi connectivity index (χ0) is 27.1. The summed E-state index contributed by atoms with van der Waals surface area (Å²) in [6.07, 6.45) is 11.1. The second-order valence-electron chi connectivity index (χ2n) is 11.4. The number of pyridine rings is 2. The van der Waals surface area contributed by atoms with E-state index in [-0.39, 0.29) is 11.5 Å². The van der Waals surface area contributed by atoms with Crippen molar-refractivity contribution in [2.45, 2.75) is 58.9 Å². The van der Waals surface area contributed by atoms with Crippen molar-refractivity contribution in [2.24, 2.45) is 10.4 Å². The van der Waals surface area contributed by atoms with Crippen LogP contribution in [0.4, 0.5) is 11.6 Å². The van der Waals surface area contributed by atoms with Crippen molar-refractivity contribution in [3.8, 4) is 11.4 Å². The maximum atomic E-state index is 5.22. The van der Waals surface area contributed by atoms with Crippen LogP contribution in [0.3, 0.4) is 0 Å². The molecule has 1 saturated heterocycles. The molecular weight excluding hydrogens is 484 g/mol. The molecule has 6 rings (SSSR count). The van der Waals surface area contributed by atoms with Gasteiger partial charge in [0.1, 0.15) is 11.6 Å². The van der Waals surface area contributed by atoms with E-state index in [0.29, 0.717) is 17.6 Å². The van der Waals surface area contributed by atoms with Crippen molar-refractivity contribution in [3.63, 3.8) is 0 Å². The molecule has 4 aromatic heterocycles. The Morgan fingerprint density at radius 1 is 1.21 bits per heavy atom. The van der Waals surface area contributed by atoms with Gasteiger partial charge in [0.25, 0.3) is 0 Å². The Hall–Kier alpha value is -3.91. The molecule has 1 aliphatic carbocycles. The Morgan fingerprint density at radius 2 is 2.05 bits per heavy atom. The van der Waals surface area contributed by atoms with Gasteiger partial charge in [-0.05, 0) is 81.0 Å². The second kappa shape index (κ2) is 10.0. The quantitative estimate of drug-likeness (QED) is 0.251. The van der Waals surface area contributed by atoms with Crippen molar-refractivity contribution < 1.29 is 0 Å². The maximum absolute atomic E-state index is 5.22. The number of rotatable bonds is 7. The number of H-pyrrole nitrogens is 1. The lowest BCUT2D eigenvalue weighted by atomic mass is 9.80. The number of hydrogen-bond donors (Lipinski definition) is 3. The van der Waals surface area contributed by atoms with Gasteiger partial charge in [0, 0.05) is 41.5 Å². The van der Waals surface area contributed by atoms with Crippen LogP contribution in [0.15, 0.2) is 47.9 Å². The van der Waals surface area contributed by atoms with Gasteiger partial charge >= 0.3 is 0 Å². The van der Waals surface area contributed by atoms with E-state index in [0.717, 1.165) is 64.3 Å². The highest BCUT2D eigenvalue weighted by Gasteiger charge is 2.34. The number of hydrogen-bond acceptors (Lipinski definition) is 7. The Labute approximate surface area is 229 Å². The first-order valence-corrected chi connectivity index (χ1v) is 13.8. The first-order valence-electron chi connectivity index (χ1n) is 13.8. The van der Waals surface area contributed by atoms with E-state index >= 15 is 0 Å². The molecular formula is C31H36N8. The molecule has 200 valence electrons. The van der Waals surface area contributed by atoms with Gasteiger partial charge in [-0.1, -0.05) is 26.0 Å². The van der Waals surface area contributed by atoms with E-state index in [4.69, 9.17) is 9.97 Å². The van der Waals surface area contributed by atoms with Gasteiger partial charge in [-0.3, -0.25) is 9.97 Å². The summed E-state index contributed by atoms with van der Waals surface area (Å²) in [5.41, 5.74) is 6.84. The first kappa shape index (κ1) is 25.4. The Kier molecular flexibility index (Phi) is 6.51. The molecule has 2 fully saturated rings. The highest BCUT2D eigenvalue weighted by atomic mass is 15.1. The molecule has 8 heteroatoms. The van der Waals surface area contributed by atoms with Gasteiger partial charge in [-0.15, -0.1) is 0 Å². The van der Waals surface area contributed by atoms with Crippen molar-refractivity contribution in [2.75, 3.05) is 18.4 Å². The summed E-state index contributed by atoms with van der Waals surface area (Å²) in [5.74, 6) is 2.74. The molecule has 5 heterocycles. The van der Waals surface area contributed by atoms with Crippen LogP contribution in [0.2, 0.25) is 0 Å². The summed E-state index contributed by atoms with van der Waals surface area (Å²) < 4.78 is 0. The topological polar surface area (TPSA) is 104 Å². The number of nitrogens with zero attached hydrogens (tertiary/aromatic N) is 5. The monoisotopic (exact) mass is 520 g/mol. The summed E-state index contributed by atoms with van der Waals surface area (Å²) in [5, 5.41) is 8.52. The van der Waals surface area contributed by atoms with E-state index in [2.05, 4.69) is 70.2 Å². The number of aliphatic imine (C=N–C) groups is 1. The Morgan fingerprint density at radius 3 is 2.77 bits per heavy atom. The normalized spacial score (nSPS) is 19.3. The van der Waals surface area contributed by atoms with Crippen LogP contribution in [-0.4, -0.2) is 50.8 Å². The van der Waals surface area contributed by atoms with Crippen LogP contribution in [0.1, 0.15) is 68.5 Å². The number of nitrogens with one attached hydrogen (secondary N) is 3. The summed E-state index contributed by atoms with van der Waals surface area (Å²) in [6, 6.07) is 6.36. The lowest BCUT2D eigenvalue weighted by Gasteiger charge is -2.40. The van der Waals surface area contributed by atoms with Gasteiger partial charge in [-0.25, -0.2) is 15.0 Å². The fourth-order valence-electron chi connectivity index (χ4n) is 5.72. The summed E-state index contributed by atoms with van der Waals surface area (Å²) in [7, 11) is 0. The summed E-state index contributed by atoms with van der Waals surface area (Å²) in [6.45, 7) is 14.5. The zero-order valence-electron chi connectivity index (χ0n) is 23.2. The summed E-state index contributed by atoms with van der Waals surface area (Å²) >= 11 is 0. The number of anilines is 1. The highest BCUT2D eigenvalue weighted by molar-refractivity contribution is 5.95. The van der Waals surface area contributed by atoms with Crippen LogP contribution < -0.4 is 10.6 Å². The van der Waals surface area contributed by atoms with Gasteiger partial charge < -0.3 is 15.6 Å². The molecule has 4 aromatic rings. The molecule has 1 unspecified atom stereocenters. The van der Waals surface area contributed by atoms with Crippen LogP contribution in [0, 0.1) is 12.3 Å². The molecule has 0 amide bonds. The molecule has 0 radical (unpaired) electrons. The molecule has 1 atom stereocenters. The van der Waals surface area contributed by atoms with Crippen molar-refractivity contribution >= 4 is 34.8 Å². The Balaban J connectivity index is 1.49. The number of fused-ring (bicyclic) bond motifs is 1. The van der Waals surface area contributed by atoms with Crippen LogP contribution in [0.5, 0.6) is 0 Å². The van der Waals surface area contributed by atoms with E-state index in [1.807, 2.05) is 31.5 Å². The molecule has 1 saturated carbocycles. The fourth-order valence-corrected chi connectivity index (χ4v) is 5.72. The smallest absolute Gasteiger partial charge is 0.162 e. The maximum Gasteiger partial charge on any atom is 0.162 e. The van der Waals surface area contributed by atoms with Gasteiger partial charge in [-0.2, -0.15) is 0 Å². The van der Waals surface area contributed by atoms with E-state index in [1.54, 1.807) is 6.20 Å². The minimum Gasteiger partial charge on any atom is -0.366 e. The average molecular weight is 521 g/mol. The SMILES string of the molecule is C=Nc1[nH]c(-c2ncccc2C)cc1/C(=C\C)c1nc(NC2CCNCC2(C)C)c2c(C3CC3)cncc2n1. The molecule has 8 nitrogen and oxygen atoms in total. The average Bonchev–Trinajstić information content (AvgIpc) is 3.69. The second-order valence-corrected chi connectivity index (χ2v) is 11.4. The number of allylic oxidation sites excluding steroid dienone is 1. The largest absolute Gasteiger partial charge is 0.366 e. The molecule has 0 aromatic carbocycles. The molecule has 0 bridgehead atoms. The van der Waals surface area contributed by atoms with E-state index < -0.39 is 0 Å². The molecule has 3 N–H and O–H groups in total. The third-order valence-electron chi connectivity index (χ3n) is 8.14. The lowest BCUT2D eigenvalue weighted by Crippen LogP contribution is -2.49. The van der Waals surface area contributed by atoms with Gasteiger partial charge in [0.2, 0.25) is 0 Å². The van der Waals surface area contributed by atoms with Crippen LogP contribution >= 0.6 is 0 Å². The molecule has 1 aliphatic heterocycles. The first-order chi connectivity index (χ1) is 18.9. The number of aromatic amines is 1. The summed E-state index contributed by atoms with van der Waals surface area (Å²) in [4.78, 5) is 27.2. The number of piperidine rings is 1. The Bertz CT molecular complexity index is 1580. The third kappa shape index (κ3) is 4.74. The fraction of sp³-hybridized carbons (Fsp3) is 0.387. The lowest BCUT2D eigenvalue weighted by molar-refractivity contribution is 0.236. The molecule has 0 spiro atoms.